The van der Waals surface area contributed by atoms with Crippen LogP contribution in [0.5, 0.6) is 0 Å². The maximum absolute atomic E-state index is 11.7. The molecule has 19 heavy (non-hydrogen) atoms. The van der Waals surface area contributed by atoms with Crippen LogP contribution in [0.4, 0.5) is 0 Å². The van der Waals surface area contributed by atoms with Gasteiger partial charge in [0, 0.05) is 6.42 Å². The Bertz CT molecular complexity index is 388. The smallest absolute Gasteiger partial charge is 0.372 e. The Morgan fingerprint density at radius 3 is 2.53 bits per heavy atom. The van der Waals surface area contributed by atoms with Gasteiger partial charge in [-0.2, -0.15) is 0 Å². The van der Waals surface area contributed by atoms with Gasteiger partial charge >= 0.3 is 12.2 Å². The summed E-state index contributed by atoms with van der Waals surface area (Å²) in [4.78, 5) is 36.7. The summed E-state index contributed by atoms with van der Waals surface area (Å²) in [7, 11) is 0. The van der Waals surface area contributed by atoms with E-state index in [2.05, 4.69) is 10.1 Å². The predicted octanol–water partition coefficient (Wildman–Crippen LogP) is -0.926. The van der Waals surface area contributed by atoms with Crippen LogP contribution in [-0.2, 0) is 19.1 Å². The molecule has 0 spiro atoms. The number of amides is 1. The molecule has 0 aromatic carbocycles. The second-order valence-electron chi connectivity index (χ2n) is 4.03. The van der Waals surface area contributed by atoms with E-state index in [1.807, 2.05) is 0 Å². The summed E-state index contributed by atoms with van der Waals surface area (Å²) in [5.41, 5.74) is 6.49. The van der Waals surface area contributed by atoms with Gasteiger partial charge in [-0.3, -0.25) is 9.59 Å². The maximum Gasteiger partial charge on any atom is 0.372 e. The molecule has 0 bridgehead atoms. The average Bonchev–Trinajstić information content (AvgIpc) is 2.33. The number of carbonyl (C=O) groups is 3. The van der Waals surface area contributed by atoms with Crippen molar-refractivity contribution in [1.29, 1.82) is 5.53 Å². The van der Waals surface area contributed by atoms with Gasteiger partial charge in [-0.05, 0) is 20.3 Å². The molecule has 0 aliphatic heterocycles. The van der Waals surface area contributed by atoms with Crippen LogP contribution in [0.25, 0.3) is 0 Å². The van der Waals surface area contributed by atoms with E-state index in [1.165, 1.54) is 0 Å². The molecule has 0 saturated carbocycles. The first-order valence-corrected chi connectivity index (χ1v) is 5.74. The van der Waals surface area contributed by atoms with Crippen LogP contribution in [0.3, 0.4) is 0 Å². The highest BCUT2D eigenvalue weighted by atomic mass is 16.5. The zero-order chi connectivity index (χ0) is 14.8. The van der Waals surface area contributed by atoms with E-state index in [0.717, 1.165) is 6.21 Å². The van der Waals surface area contributed by atoms with Gasteiger partial charge in [0.05, 0.1) is 16.4 Å². The number of nitrogens with one attached hydrogen (secondary N) is 2. The van der Waals surface area contributed by atoms with Gasteiger partial charge < -0.3 is 15.2 Å². The fourth-order valence-corrected chi connectivity index (χ4v) is 1.23. The minimum Gasteiger partial charge on any atom is -0.461 e. The van der Waals surface area contributed by atoms with Crippen molar-refractivity contribution in [1.82, 2.24) is 5.32 Å². The lowest BCUT2D eigenvalue weighted by Gasteiger charge is -2.17. The number of ketones is 1. The summed E-state index contributed by atoms with van der Waals surface area (Å²) in [5, 5.41) is 10.9. The normalized spacial score (nSPS) is 11.4. The van der Waals surface area contributed by atoms with Crippen molar-refractivity contribution < 1.29 is 29.0 Å². The summed E-state index contributed by atoms with van der Waals surface area (Å²) in [5.74, 6) is -1.84. The number of hydrogen-bond donors (Lipinski definition) is 3. The molecule has 1 atom stereocenters. The third-order valence-electron chi connectivity index (χ3n) is 2.00. The van der Waals surface area contributed by atoms with Crippen molar-refractivity contribution in [2.24, 2.45) is 0 Å². The molecule has 1 amide bonds. The standard InChI is InChI=1S/C11H17N3O5/c1-7(2)19-11(18)9(14-10(17)6-15)4-3-8(16)5-13-12/h5,7,9,12,15H,3-4,6H2,1-2H3/p+1/t9-/m0/s1. The minimum atomic E-state index is -1.01. The highest BCUT2D eigenvalue weighted by molar-refractivity contribution is 6.25. The molecule has 3 N–H and O–H groups in total. The number of rotatable bonds is 8. The summed E-state index contributed by atoms with van der Waals surface area (Å²) < 4.78 is 4.93. The molecule has 8 nitrogen and oxygen atoms in total. The second kappa shape index (κ2) is 8.96. The first kappa shape index (κ1) is 16.9. The molecule has 0 aliphatic rings. The van der Waals surface area contributed by atoms with Gasteiger partial charge in [-0.15, -0.1) is 0 Å². The van der Waals surface area contributed by atoms with Gasteiger partial charge in [0.2, 0.25) is 11.7 Å². The fraction of sp³-hybridized carbons (Fsp3) is 0.636. The molecular formula is C11H18N3O5+. The molecule has 0 fully saturated rings. The lowest BCUT2D eigenvalue weighted by molar-refractivity contribution is -0.152. The molecule has 106 valence electrons. The Morgan fingerprint density at radius 2 is 2.05 bits per heavy atom. The van der Waals surface area contributed by atoms with Crippen molar-refractivity contribution in [2.75, 3.05) is 6.61 Å². The van der Waals surface area contributed by atoms with Crippen LogP contribution in [0.2, 0.25) is 0 Å². The van der Waals surface area contributed by atoms with Gasteiger partial charge in [-0.1, -0.05) is 0 Å². The molecule has 0 aliphatic carbocycles. The van der Waals surface area contributed by atoms with E-state index in [1.54, 1.807) is 13.8 Å². The molecular weight excluding hydrogens is 254 g/mol. The monoisotopic (exact) mass is 272 g/mol. The lowest BCUT2D eigenvalue weighted by atomic mass is 10.1. The molecule has 0 heterocycles. The number of hydrogen-bond acceptors (Lipinski definition) is 6. The SMILES string of the molecule is CC(C)OC(=O)[C@H](CCC(=O)C=[N+]=N)NC(=O)CO. The van der Waals surface area contributed by atoms with Gasteiger partial charge in [-0.25, -0.2) is 4.79 Å². The third kappa shape index (κ3) is 7.80. The van der Waals surface area contributed by atoms with Gasteiger partial charge in [0.25, 0.3) is 0 Å². The molecule has 0 saturated heterocycles. The molecule has 0 aromatic rings. The van der Waals surface area contributed by atoms with E-state index in [9.17, 15) is 14.4 Å². The highest BCUT2D eigenvalue weighted by Crippen LogP contribution is 2.03. The van der Waals surface area contributed by atoms with Gasteiger partial charge in [0.15, 0.2) is 0 Å². The van der Waals surface area contributed by atoms with Crippen LogP contribution in [0, 0.1) is 5.53 Å². The molecule has 8 heteroatoms. The number of aliphatic hydroxyl groups is 1. The zero-order valence-electron chi connectivity index (χ0n) is 10.9. The van der Waals surface area contributed by atoms with Crippen LogP contribution >= 0.6 is 0 Å². The highest BCUT2D eigenvalue weighted by Gasteiger charge is 2.24. The van der Waals surface area contributed by atoms with Crippen molar-refractivity contribution >= 4 is 23.9 Å². The fourth-order valence-electron chi connectivity index (χ4n) is 1.23. The Hall–Kier alpha value is -2.05. The minimum absolute atomic E-state index is 0.0160. The molecule has 0 rings (SSSR count). The number of aliphatic hydroxyl groups excluding tert-OH is 1. The first-order valence-electron chi connectivity index (χ1n) is 5.74. The van der Waals surface area contributed by atoms with E-state index in [0.29, 0.717) is 0 Å². The lowest BCUT2D eigenvalue weighted by Crippen LogP contribution is -2.44. The van der Waals surface area contributed by atoms with Crippen molar-refractivity contribution in [3.8, 4) is 0 Å². The van der Waals surface area contributed by atoms with Crippen molar-refractivity contribution in [3.63, 3.8) is 0 Å². The first-order chi connectivity index (χ1) is 8.90. The maximum atomic E-state index is 11.7. The largest absolute Gasteiger partial charge is 0.461 e. The Labute approximate surface area is 110 Å². The van der Waals surface area contributed by atoms with Crippen LogP contribution in [-0.4, -0.2) is 52.5 Å². The number of carbonyl (C=O) groups excluding carboxylic acids is 3. The summed E-state index contributed by atoms with van der Waals surface area (Å²) >= 11 is 0. The summed E-state index contributed by atoms with van der Waals surface area (Å²) in [6.45, 7) is 2.55. The van der Waals surface area contributed by atoms with Crippen molar-refractivity contribution in [2.45, 2.75) is 38.8 Å². The number of ether oxygens (including phenoxy) is 1. The number of nitrogens with zero attached hydrogens (tertiary/aromatic N) is 1. The summed E-state index contributed by atoms with van der Waals surface area (Å²) in [6.07, 6.45) is 0.416. The van der Waals surface area contributed by atoms with Crippen molar-refractivity contribution in [3.05, 3.63) is 0 Å². The topological polar surface area (TPSA) is 131 Å². The second-order valence-corrected chi connectivity index (χ2v) is 4.03. The number of esters is 1. The number of Topliss-reactive ketones (excluding diaryl/α,β-unsaturated/α-hetero) is 1. The molecule has 0 radical (unpaired) electrons. The van der Waals surface area contributed by atoms with E-state index < -0.39 is 30.3 Å². The summed E-state index contributed by atoms with van der Waals surface area (Å²) in [6, 6.07) is -1.01. The Balaban J connectivity index is 4.57. The third-order valence-corrected chi connectivity index (χ3v) is 2.00. The molecule has 0 aromatic heterocycles. The average molecular weight is 272 g/mol. The molecule has 0 unspecified atom stereocenters. The van der Waals surface area contributed by atoms with E-state index in [4.69, 9.17) is 15.4 Å². The zero-order valence-corrected chi connectivity index (χ0v) is 10.9. The Kier molecular flexibility index (Phi) is 7.99. The predicted molar refractivity (Wildman–Crippen MR) is 63.5 cm³/mol. The Morgan fingerprint density at radius 1 is 1.42 bits per heavy atom. The quantitative estimate of drug-likeness (QED) is 0.227. The van der Waals surface area contributed by atoms with Gasteiger partial charge in [0.1, 0.15) is 12.6 Å². The van der Waals surface area contributed by atoms with E-state index >= 15 is 0 Å². The van der Waals surface area contributed by atoms with E-state index in [-0.39, 0.29) is 18.9 Å². The van der Waals surface area contributed by atoms with Crippen LogP contribution in [0.1, 0.15) is 26.7 Å². The van der Waals surface area contributed by atoms with Crippen LogP contribution in [0.15, 0.2) is 0 Å². The van der Waals surface area contributed by atoms with Crippen LogP contribution < -0.4 is 5.32 Å².